The third-order valence-corrected chi connectivity index (χ3v) is 1.96. The lowest BCUT2D eigenvalue weighted by atomic mass is 10.0. The van der Waals surface area contributed by atoms with E-state index in [9.17, 15) is 18.0 Å². The van der Waals surface area contributed by atoms with Crippen LogP contribution in [0.2, 0.25) is 0 Å². The number of ether oxygens (including phenoxy) is 1. The van der Waals surface area contributed by atoms with Crippen molar-refractivity contribution >= 4 is 5.97 Å². The van der Waals surface area contributed by atoms with E-state index in [0.717, 1.165) is 12.1 Å². The number of nitriles is 1. The van der Waals surface area contributed by atoms with Crippen LogP contribution < -0.4 is 0 Å². The Labute approximate surface area is 95.4 Å². The Kier molecular flexibility index (Phi) is 3.73. The molecule has 1 rings (SSSR count). The van der Waals surface area contributed by atoms with Crippen molar-refractivity contribution in [3.63, 3.8) is 0 Å². The van der Waals surface area contributed by atoms with E-state index in [4.69, 9.17) is 5.26 Å². The van der Waals surface area contributed by atoms with Crippen molar-refractivity contribution in [1.82, 2.24) is 0 Å². The Bertz CT molecular complexity index is 475. The van der Waals surface area contributed by atoms with Gasteiger partial charge in [0.25, 0.3) is 0 Å². The molecule has 0 bridgehead atoms. The molecule has 90 valence electrons. The molecule has 0 radical (unpaired) electrons. The SMILES string of the molecule is CCOC(=O)c1ccc(C(F)(F)F)c(C#N)c1. The fourth-order valence-electron chi connectivity index (χ4n) is 1.23. The van der Waals surface area contributed by atoms with Crippen LogP contribution in [-0.4, -0.2) is 12.6 Å². The molecule has 0 fully saturated rings. The van der Waals surface area contributed by atoms with Crippen LogP contribution >= 0.6 is 0 Å². The highest BCUT2D eigenvalue weighted by Crippen LogP contribution is 2.32. The van der Waals surface area contributed by atoms with Gasteiger partial charge in [-0.2, -0.15) is 18.4 Å². The summed E-state index contributed by atoms with van der Waals surface area (Å²) in [5.41, 5.74) is -1.73. The lowest BCUT2D eigenvalue weighted by Crippen LogP contribution is -2.10. The molecule has 3 nitrogen and oxygen atoms in total. The molecule has 0 saturated heterocycles. The standard InChI is InChI=1S/C11H8F3NO2/c1-2-17-10(16)7-3-4-9(11(12,13)14)8(5-7)6-15/h3-5H,2H2,1H3. The minimum absolute atomic E-state index is 0.0728. The van der Waals surface area contributed by atoms with E-state index in [1.54, 1.807) is 6.92 Å². The van der Waals surface area contributed by atoms with Gasteiger partial charge in [-0.05, 0) is 25.1 Å². The summed E-state index contributed by atoms with van der Waals surface area (Å²) in [5.74, 6) is -0.752. The number of hydrogen-bond donors (Lipinski definition) is 0. The molecule has 0 saturated carbocycles. The highest BCUT2D eigenvalue weighted by atomic mass is 19.4. The number of alkyl halides is 3. The first-order chi connectivity index (χ1) is 7.90. The molecule has 0 atom stereocenters. The van der Waals surface area contributed by atoms with E-state index >= 15 is 0 Å². The van der Waals surface area contributed by atoms with Crippen LogP contribution in [0, 0.1) is 11.3 Å². The van der Waals surface area contributed by atoms with Crippen LogP contribution in [0.25, 0.3) is 0 Å². The summed E-state index contributed by atoms with van der Waals surface area (Å²) < 4.78 is 42.0. The van der Waals surface area contributed by atoms with Gasteiger partial charge in [0.05, 0.1) is 29.4 Å². The van der Waals surface area contributed by atoms with Crippen LogP contribution in [0.3, 0.4) is 0 Å². The minimum atomic E-state index is -4.61. The zero-order chi connectivity index (χ0) is 13.1. The zero-order valence-electron chi connectivity index (χ0n) is 8.84. The van der Waals surface area contributed by atoms with Crippen LogP contribution in [0.1, 0.15) is 28.4 Å². The minimum Gasteiger partial charge on any atom is -0.462 e. The molecule has 0 N–H and O–H groups in total. The molecule has 0 aliphatic carbocycles. The number of nitrogens with zero attached hydrogens (tertiary/aromatic N) is 1. The molecule has 0 spiro atoms. The van der Waals surface area contributed by atoms with E-state index in [0.29, 0.717) is 6.07 Å². The normalized spacial score (nSPS) is 10.8. The van der Waals surface area contributed by atoms with Crippen LogP contribution in [0.4, 0.5) is 13.2 Å². The second kappa shape index (κ2) is 4.87. The van der Waals surface area contributed by atoms with Gasteiger partial charge in [0.15, 0.2) is 0 Å². The van der Waals surface area contributed by atoms with Crippen molar-refractivity contribution in [2.24, 2.45) is 0 Å². The van der Waals surface area contributed by atoms with Crippen LogP contribution in [-0.2, 0) is 10.9 Å². The Morgan fingerprint density at radius 1 is 1.47 bits per heavy atom. The number of halogens is 3. The molecule has 6 heteroatoms. The van der Waals surface area contributed by atoms with E-state index in [2.05, 4.69) is 4.74 Å². The number of rotatable bonds is 2. The molecule has 1 aromatic carbocycles. The van der Waals surface area contributed by atoms with E-state index in [1.807, 2.05) is 0 Å². The van der Waals surface area contributed by atoms with E-state index < -0.39 is 23.3 Å². The van der Waals surface area contributed by atoms with Gasteiger partial charge in [0.1, 0.15) is 0 Å². The summed E-state index contributed by atoms with van der Waals surface area (Å²) in [6, 6.07) is 3.97. The average Bonchev–Trinajstić information content (AvgIpc) is 2.27. The Morgan fingerprint density at radius 3 is 2.59 bits per heavy atom. The molecule has 17 heavy (non-hydrogen) atoms. The Morgan fingerprint density at radius 2 is 2.12 bits per heavy atom. The lowest BCUT2D eigenvalue weighted by molar-refractivity contribution is -0.137. The summed E-state index contributed by atoms with van der Waals surface area (Å²) in [6.07, 6.45) is -4.61. The van der Waals surface area contributed by atoms with Gasteiger partial charge >= 0.3 is 12.1 Å². The lowest BCUT2D eigenvalue weighted by Gasteiger charge is -2.09. The highest BCUT2D eigenvalue weighted by Gasteiger charge is 2.33. The third kappa shape index (κ3) is 2.97. The molecule has 0 unspecified atom stereocenters. The third-order valence-electron chi connectivity index (χ3n) is 1.96. The van der Waals surface area contributed by atoms with Crippen molar-refractivity contribution in [3.8, 4) is 6.07 Å². The highest BCUT2D eigenvalue weighted by molar-refractivity contribution is 5.90. The smallest absolute Gasteiger partial charge is 0.417 e. The van der Waals surface area contributed by atoms with Crippen molar-refractivity contribution in [2.45, 2.75) is 13.1 Å². The maximum Gasteiger partial charge on any atom is 0.417 e. The topological polar surface area (TPSA) is 50.1 Å². The average molecular weight is 243 g/mol. The van der Waals surface area contributed by atoms with Gasteiger partial charge in [-0.15, -0.1) is 0 Å². The Balaban J connectivity index is 3.19. The first kappa shape index (κ1) is 13.0. The first-order valence-electron chi connectivity index (χ1n) is 4.68. The molecular weight excluding hydrogens is 235 g/mol. The van der Waals surface area contributed by atoms with Gasteiger partial charge in [-0.25, -0.2) is 4.79 Å². The molecule has 1 aromatic rings. The molecule has 0 heterocycles. The Hall–Kier alpha value is -2.03. The summed E-state index contributed by atoms with van der Waals surface area (Å²) >= 11 is 0. The van der Waals surface area contributed by atoms with E-state index in [1.165, 1.54) is 6.07 Å². The zero-order valence-corrected chi connectivity index (χ0v) is 8.84. The van der Waals surface area contributed by atoms with Crippen molar-refractivity contribution in [2.75, 3.05) is 6.61 Å². The van der Waals surface area contributed by atoms with Gasteiger partial charge in [-0.1, -0.05) is 0 Å². The van der Waals surface area contributed by atoms with Crippen molar-refractivity contribution < 1.29 is 22.7 Å². The van der Waals surface area contributed by atoms with Gasteiger partial charge in [0.2, 0.25) is 0 Å². The van der Waals surface area contributed by atoms with Gasteiger partial charge in [0, 0.05) is 0 Å². The van der Waals surface area contributed by atoms with Gasteiger partial charge < -0.3 is 4.74 Å². The number of hydrogen-bond acceptors (Lipinski definition) is 3. The molecule has 0 aliphatic rings. The monoisotopic (exact) mass is 243 g/mol. The quantitative estimate of drug-likeness (QED) is 0.750. The molecular formula is C11H8F3NO2. The predicted octanol–water partition coefficient (Wildman–Crippen LogP) is 2.75. The summed E-state index contributed by atoms with van der Waals surface area (Å²) in [6.45, 7) is 1.69. The molecule has 0 aromatic heterocycles. The second-order valence-electron chi connectivity index (χ2n) is 3.09. The largest absolute Gasteiger partial charge is 0.462 e. The first-order valence-corrected chi connectivity index (χ1v) is 4.68. The second-order valence-corrected chi connectivity index (χ2v) is 3.09. The van der Waals surface area contributed by atoms with Crippen LogP contribution in [0.15, 0.2) is 18.2 Å². The molecule has 0 amide bonds. The summed E-state index contributed by atoms with van der Waals surface area (Å²) in [4.78, 5) is 11.3. The van der Waals surface area contributed by atoms with E-state index in [-0.39, 0.29) is 12.2 Å². The summed E-state index contributed by atoms with van der Waals surface area (Å²) in [5, 5.41) is 8.62. The van der Waals surface area contributed by atoms with Crippen molar-refractivity contribution in [1.29, 1.82) is 5.26 Å². The summed E-state index contributed by atoms with van der Waals surface area (Å²) in [7, 11) is 0. The van der Waals surface area contributed by atoms with Crippen molar-refractivity contribution in [3.05, 3.63) is 34.9 Å². The maximum atomic E-state index is 12.4. The fourth-order valence-corrected chi connectivity index (χ4v) is 1.23. The number of esters is 1. The maximum absolute atomic E-state index is 12.4. The van der Waals surface area contributed by atoms with Gasteiger partial charge in [-0.3, -0.25) is 0 Å². The molecule has 0 aliphatic heterocycles. The fraction of sp³-hybridized carbons (Fsp3) is 0.273. The van der Waals surface area contributed by atoms with Crippen LogP contribution in [0.5, 0.6) is 0 Å². The number of carbonyl (C=O) groups excluding carboxylic acids is 1. The number of benzene rings is 1. The predicted molar refractivity (Wildman–Crippen MR) is 52.1 cm³/mol. The number of carbonyl (C=O) groups is 1.